The Morgan fingerprint density at radius 1 is 0.722 bits per heavy atom. The van der Waals surface area contributed by atoms with Crippen LogP contribution in [0.25, 0.3) is 0 Å². The predicted molar refractivity (Wildman–Crippen MR) is 232 cm³/mol. The van der Waals surface area contributed by atoms with Gasteiger partial charge in [0.2, 0.25) is 5.79 Å². The molecule has 1 saturated carbocycles. The molecule has 4 aliphatic carbocycles. The largest absolute Gasteiger partial charge is 0.396 e. The topological polar surface area (TPSA) is 393 Å². The standard InChI is InChI=1S/C47H70O25/c1-15-10-66-47(39(60)29(15)54)21(9-48)26-19-4-5-20-28(27(19)32(57)36(26)72-47)22(51)7-17-6-18(50)8-25(45(17,20)3)68-43-38(35(24(53)12-64-43)69-41-33(58)31(56)23(52)11-63-41)71-42-34(59)37(30(55)16(2)67-42)70-44-40(61)46(62,13-49)14-65-44/h7,15-16,18,20-26,28-31,33-44,48-56,58-62H,4-6,8-14H2,1-3H3. The van der Waals surface area contributed by atoms with Crippen LogP contribution in [0.3, 0.4) is 0 Å². The first kappa shape index (κ1) is 53.6. The van der Waals surface area contributed by atoms with Crippen LogP contribution >= 0.6 is 0 Å². The van der Waals surface area contributed by atoms with E-state index in [0.29, 0.717) is 29.6 Å². The van der Waals surface area contributed by atoms with Crippen molar-refractivity contribution in [1.82, 2.24) is 0 Å². The van der Waals surface area contributed by atoms with Crippen LogP contribution in [0, 0.1) is 35.0 Å². The van der Waals surface area contributed by atoms with E-state index in [1.807, 2.05) is 6.92 Å². The molecule has 0 aromatic heterocycles. The molecule has 0 aromatic rings. The predicted octanol–water partition coefficient (Wildman–Crippen LogP) is -6.33. The Hall–Kier alpha value is -1.81. The molecule has 0 radical (unpaired) electrons. The van der Waals surface area contributed by atoms with E-state index in [0.717, 1.165) is 0 Å². The zero-order valence-electron chi connectivity index (χ0n) is 39.9. The van der Waals surface area contributed by atoms with Crippen LogP contribution in [0.1, 0.15) is 46.5 Å². The molecule has 10 rings (SSSR count). The van der Waals surface area contributed by atoms with E-state index < -0.39 is 214 Å². The van der Waals surface area contributed by atoms with Gasteiger partial charge in [0, 0.05) is 41.1 Å². The lowest BCUT2D eigenvalue weighted by molar-refractivity contribution is -0.387. The molecule has 6 saturated heterocycles. The second-order valence-corrected chi connectivity index (χ2v) is 21.9. The maximum atomic E-state index is 14.8. The van der Waals surface area contributed by atoms with E-state index in [1.54, 1.807) is 13.0 Å². The van der Waals surface area contributed by atoms with Gasteiger partial charge in [-0.05, 0) is 32.1 Å². The first-order valence-corrected chi connectivity index (χ1v) is 24.9. The smallest absolute Gasteiger partial charge is 0.203 e. The molecule has 7 fully saturated rings. The van der Waals surface area contributed by atoms with Gasteiger partial charge in [0.05, 0.1) is 70.2 Å². The zero-order chi connectivity index (χ0) is 51.7. The van der Waals surface area contributed by atoms with Crippen molar-refractivity contribution in [2.75, 3.05) is 39.6 Å². The van der Waals surface area contributed by atoms with Crippen molar-refractivity contribution in [2.45, 2.75) is 187 Å². The third-order valence-electron chi connectivity index (χ3n) is 17.6. The molecule has 408 valence electrons. The van der Waals surface area contributed by atoms with Crippen LogP contribution in [-0.2, 0) is 52.2 Å². The summed E-state index contributed by atoms with van der Waals surface area (Å²) in [6, 6.07) is 0. The van der Waals surface area contributed by atoms with Crippen LogP contribution in [0.2, 0.25) is 0 Å². The summed E-state index contributed by atoms with van der Waals surface area (Å²) < 4.78 is 60.7. The van der Waals surface area contributed by atoms with Crippen molar-refractivity contribution in [1.29, 1.82) is 0 Å². The van der Waals surface area contributed by atoms with Gasteiger partial charge in [-0.25, -0.2) is 0 Å². The minimum Gasteiger partial charge on any atom is -0.396 e. The molecule has 29 unspecified atom stereocenters. The fraction of sp³-hybridized carbons (Fsp3) is 0.894. The Bertz CT molecular complexity index is 2060. The van der Waals surface area contributed by atoms with Crippen molar-refractivity contribution in [3.8, 4) is 0 Å². The van der Waals surface area contributed by atoms with Gasteiger partial charge in [0.15, 0.2) is 30.9 Å². The van der Waals surface area contributed by atoms with E-state index in [4.69, 9.17) is 47.4 Å². The van der Waals surface area contributed by atoms with Crippen molar-refractivity contribution in [3.63, 3.8) is 0 Å². The third kappa shape index (κ3) is 8.42. The maximum Gasteiger partial charge on any atom is 0.203 e. The van der Waals surface area contributed by atoms with Crippen molar-refractivity contribution >= 4 is 5.78 Å². The number of rotatable bonds is 10. The van der Waals surface area contributed by atoms with Gasteiger partial charge in [0.1, 0.15) is 78.8 Å². The molecular weight excluding hydrogens is 964 g/mol. The van der Waals surface area contributed by atoms with E-state index in [2.05, 4.69) is 0 Å². The fourth-order valence-corrected chi connectivity index (χ4v) is 13.4. The summed E-state index contributed by atoms with van der Waals surface area (Å²) in [4.78, 5) is 14.8. The Morgan fingerprint density at radius 2 is 1.42 bits per heavy atom. The molecule has 14 N–H and O–H groups in total. The van der Waals surface area contributed by atoms with E-state index in [1.165, 1.54) is 6.92 Å². The molecule has 6 heterocycles. The van der Waals surface area contributed by atoms with Crippen LogP contribution in [0.4, 0.5) is 0 Å². The number of ketones is 1. The number of hydrogen-bond acceptors (Lipinski definition) is 25. The molecule has 10 aliphatic rings. The Morgan fingerprint density at radius 3 is 2.12 bits per heavy atom. The van der Waals surface area contributed by atoms with Gasteiger partial charge >= 0.3 is 0 Å². The molecule has 25 nitrogen and oxygen atoms in total. The second-order valence-electron chi connectivity index (χ2n) is 21.9. The number of fused-ring (bicyclic) bond motifs is 6. The maximum absolute atomic E-state index is 14.8. The van der Waals surface area contributed by atoms with Gasteiger partial charge in [-0.1, -0.05) is 31.1 Å². The van der Waals surface area contributed by atoms with Crippen molar-refractivity contribution in [3.05, 3.63) is 22.8 Å². The number of ether oxygens (including phenoxy) is 10. The monoisotopic (exact) mass is 1030 g/mol. The number of aliphatic hydroxyl groups excluding tert-OH is 13. The zero-order valence-corrected chi connectivity index (χ0v) is 39.9. The van der Waals surface area contributed by atoms with Crippen molar-refractivity contribution < 1.29 is 124 Å². The molecule has 0 amide bonds. The molecule has 72 heavy (non-hydrogen) atoms. The SMILES string of the molecule is CC1COC2(OC3C(=O)C4=C(CCC5C4C(O)C=C4CC(O)CC(OC6OCC(O)C(OC7OCC(O)C(O)C7O)C6OC6OC(C)C(O)C(OC7OCC(O)(CO)C7O)C6O)C45C)C3C2CO)C(O)C1O. The van der Waals surface area contributed by atoms with Crippen LogP contribution in [0.15, 0.2) is 22.8 Å². The van der Waals surface area contributed by atoms with Crippen LogP contribution in [0.5, 0.6) is 0 Å². The van der Waals surface area contributed by atoms with Gasteiger partial charge in [0.25, 0.3) is 0 Å². The Kier molecular flexibility index (Phi) is 14.8. The van der Waals surface area contributed by atoms with Crippen molar-refractivity contribution in [2.24, 2.45) is 35.0 Å². The molecule has 25 heteroatoms. The average Bonchev–Trinajstić information content (AvgIpc) is 3.94. The summed E-state index contributed by atoms with van der Waals surface area (Å²) in [5.74, 6) is -5.84. The molecule has 6 aliphatic heterocycles. The molecule has 29 atom stereocenters. The fourth-order valence-electron chi connectivity index (χ4n) is 13.4. The normalized spacial score (nSPS) is 55.6. The molecule has 1 spiro atoms. The highest BCUT2D eigenvalue weighted by atomic mass is 16.8. The summed E-state index contributed by atoms with van der Waals surface area (Å²) >= 11 is 0. The van der Waals surface area contributed by atoms with Gasteiger partial charge < -0.3 is 119 Å². The summed E-state index contributed by atoms with van der Waals surface area (Å²) in [5.41, 5.74) is -1.62. The average molecular weight is 1040 g/mol. The lowest BCUT2D eigenvalue weighted by Crippen LogP contribution is -2.65. The van der Waals surface area contributed by atoms with Crippen LogP contribution in [-0.4, -0.2) is 257 Å². The second kappa shape index (κ2) is 19.9. The van der Waals surface area contributed by atoms with Crippen LogP contribution < -0.4 is 0 Å². The molecule has 0 aromatic carbocycles. The Balaban J connectivity index is 0.960. The van der Waals surface area contributed by atoms with E-state index >= 15 is 0 Å². The number of hydrogen-bond donors (Lipinski definition) is 14. The first-order chi connectivity index (χ1) is 34.1. The minimum absolute atomic E-state index is 0.00717. The summed E-state index contributed by atoms with van der Waals surface area (Å²) in [7, 11) is 0. The number of carbonyl (C=O) groups is 1. The Labute approximate surface area is 413 Å². The summed E-state index contributed by atoms with van der Waals surface area (Å²) in [6.45, 7) is 2.02. The van der Waals surface area contributed by atoms with Gasteiger partial charge in [-0.2, -0.15) is 0 Å². The quantitative estimate of drug-likeness (QED) is 0.0905. The van der Waals surface area contributed by atoms with E-state index in [9.17, 15) is 76.3 Å². The van der Waals surface area contributed by atoms with Gasteiger partial charge in [-0.3, -0.25) is 4.79 Å². The number of carbonyl (C=O) groups excluding carboxylic acids is 1. The first-order valence-electron chi connectivity index (χ1n) is 24.9. The lowest BCUT2D eigenvalue weighted by atomic mass is 9.51. The number of Topliss-reactive ketones (excluding diaryl/α,β-unsaturated/α-hetero) is 1. The van der Waals surface area contributed by atoms with E-state index in [-0.39, 0.29) is 19.4 Å². The summed E-state index contributed by atoms with van der Waals surface area (Å²) in [6.07, 6.45) is -29.9. The summed E-state index contributed by atoms with van der Waals surface area (Å²) in [5, 5.41) is 154. The highest BCUT2D eigenvalue weighted by Crippen LogP contribution is 2.64. The molecule has 0 bridgehead atoms. The minimum atomic E-state index is -2.12. The molecular formula is C47H70O25. The third-order valence-corrected chi connectivity index (χ3v) is 17.6. The lowest BCUT2D eigenvalue weighted by Gasteiger charge is -2.57. The highest BCUT2D eigenvalue weighted by Gasteiger charge is 2.70. The van der Waals surface area contributed by atoms with Gasteiger partial charge in [-0.15, -0.1) is 0 Å². The highest BCUT2D eigenvalue weighted by molar-refractivity contribution is 6.04. The number of aliphatic hydroxyl groups is 14.